The normalized spacial score (nSPS) is 11.5. The maximum atomic E-state index is 9.91. The number of rotatable bonds is 5. The van der Waals surface area contributed by atoms with Gasteiger partial charge < -0.3 is 9.84 Å². The second-order valence-corrected chi connectivity index (χ2v) is 6.38. The molecule has 0 unspecified atom stereocenters. The quantitative estimate of drug-likeness (QED) is 0.782. The summed E-state index contributed by atoms with van der Waals surface area (Å²) < 4.78 is 6.86. The predicted molar refractivity (Wildman–Crippen MR) is 93.7 cm³/mol. The zero-order valence-electron chi connectivity index (χ0n) is 14.1. The van der Waals surface area contributed by atoms with E-state index < -0.39 is 5.60 Å². The Kier molecular flexibility index (Phi) is 4.36. The van der Waals surface area contributed by atoms with Crippen molar-refractivity contribution in [1.29, 1.82) is 0 Å². The van der Waals surface area contributed by atoms with Crippen LogP contribution in [-0.4, -0.2) is 32.6 Å². The maximum Gasteiger partial charge on any atom is 0.212 e. The van der Waals surface area contributed by atoms with E-state index in [9.17, 15) is 5.11 Å². The van der Waals surface area contributed by atoms with Gasteiger partial charge in [-0.1, -0.05) is 18.2 Å². The number of ether oxygens (including phenoxy) is 1. The zero-order valence-corrected chi connectivity index (χ0v) is 14.1. The Bertz CT molecular complexity index is 817. The third-order valence-electron chi connectivity index (χ3n) is 3.63. The first-order valence-corrected chi connectivity index (χ1v) is 7.81. The number of hydrogen-bond donors (Lipinski definition) is 1. The Morgan fingerprint density at radius 3 is 2.54 bits per heavy atom. The van der Waals surface area contributed by atoms with Crippen LogP contribution in [0.15, 0.2) is 54.9 Å². The minimum Gasteiger partial charge on any atom is -0.481 e. The fourth-order valence-corrected chi connectivity index (χ4v) is 2.53. The van der Waals surface area contributed by atoms with Gasteiger partial charge in [-0.25, -0.2) is 4.98 Å². The van der Waals surface area contributed by atoms with Crippen LogP contribution in [-0.2, 0) is 6.54 Å². The van der Waals surface area contributed by atoms with Crippen LogP contribution in [0.2, 0.25) is 0 Å². The monoisotopic (exact) mass is 323 g/mol. The molecule has 1 N–H and O–H groups in total. The summed E-state index contributed by atoms with van der Waals surface area (Å²) in [6.07, 6.45) is 3.68. The molecule has 0 saturated carbocycles. The molecule has 0 amide bonds. The van der Waals surface area contributed by atoms with Crippen molar-refractivity contribution in [2.75, 3.05) is 7.11 Å². The summed E-state index contributed by atoms with van der Waals surface area (Å²) in [6.45, 7) is 3.99. The van der Waals surface area contributed by atoms with Crippen molar-refractivity contribution in [3.63, 3.8) is 0 Å². The zero-order chi connectivity index (χ0) is 17.2. The van der Waals surface area contributed by atoms with Crippen LogP contribution in [0.25, 0.3) is 22.4 Å². The van der Waals surface area contributed by atoms with Gasteiger partial charge in [-0.05, 0) is 37.6 Å². The Labute approximate surface area is 141 Å². The molecule has 24 heavy (non-hydrogen) atoms. The highest BCUT2D eigenvalue weighted by Gasteiger charge is 2.14. The number of methoxy groups -OCH3 is 1. The van der Waals surface area contributed by atoms with E-state index >= 15 is 0 Å². The van der Waals surface area contributed by atoms with Crippen LogP contribution in [0.4, 0.5) is 0 Å². The van der Waals surface area contributed by atoms with Crippen LogP contribution >= 0.6 is 0 Å². The highest BCUT2D eigenvalue weighted by atomic mass is 16.5. The molecule has 0 atom stereocenters. The highest BCUT2D eigenvalue weighted by molar-refractivity contribution is 5.70. The summed E-state index contributed by atoms with van der Waals surface area (Å²) in [4.78, 5) is 4.25. The van der Waals surface area contributed by atoms with E-state index in [-0.39, 0.29) is 0 Å². The van der Waals surface area contributed by atoms with Crippen LogP contribution < -0.4 is 4.74 Å². The number of benzene rings is 1. The molecule has 0 fully saturated rings. The number of aliphatic hydroxyl groups is 1. The first kappa shape index (κ1) is 16.2. The Morgan fingerprint density at radius 1 is 1.08 bits per heavy atom. The van der Waals surface area contributed by atoms with Crippen molar-refractivity contribution < 1.29 is 9.84 Å². The fourth-order valence-electron chi connectivity index (χ4n) is 2.53. The van der Waals surface area contributed by atoms with Crippen LogP contribution in [0, 0.1) is 0 Å². The highest BCUT2D eigenvalue weighted by Crippen LogP contribution is 2.26. The molecule has 1 aromatic carbocycles. The molecule has 124 valence electrons. The fraction of sp³-hybridized carbons (Fsp3) is 0.263. The average Bonchev–Trinajstić information content (AvgIpc) is 3.01. The minimum absolute atomic E-state index is 0.453. The SMILES string of the molecule is COc1ccc(-c2cccc(-c3ccn(CC(C)(C)O)n3)c2)cn1. The lowest BCUT2D eigenvalue weighted by atomic mass is 10.0. The van der Waals surface area contributed by atoms with Crippen molar-refractivity contribution in [3.8, 4) is 28.3 Å². The van der Waals surface area contributed by atoms with Gasteiger partial charge in [-0.15, -0.1) is 0 Å². The molecule has 0 radical (unpaired) electrons. The topological polar surface area (TPSA) is 60.2 Å². The van der Waals surface area contributed by atoms with E-state index in [0.717, 1.165) is 22.4 Å². The lowest BCUT2D eigenvalue weighted by molar-refractivity contribution is 0.0578. The summed E-state index contributed by atoms with van der Waals surface area (Å²) in [6, 6.07) is 13.9. The molecule has 0 bridgehead atoms. The van der Waals surface area contributed by atoms with Crippen molar-refractivity contribution in [3.05, 3.63) is 54.9 Å². The molecule has 0 saturated heterocycles. The van der Waals surface area contributed by atoms with Crippen LogP contribution in [0.3, 0.4) is 0 Å². The Balaban J connectivity index is 1.87. The van der Waals surface area contributed by atoms with Gasteiger partial charge in [0.1, 0.15) is 0 Å². The predicted octanol–water partition coefficient (Wildman–Crippen LogP) is 3.39. The average molecular weight is 323 g/mol. The molecule has 2 aromatic heterocycles. The van der Waals surface area contributed by atoms with Gasteiger partial charge >= 0.3 is 0 Å². The van der Waals surface area contributed by atoms with Crippen molar-refractivity contribution in [1.82, 2.24) is 14.8 Å². The molecule has 5 heteroatoms. The number of nitrogens with zero attached hydrogens (tertiary/aromatic N) is 3. The first-order valence-electron chi connectivity index (χ1n) is 7.81. The first-order chi connectivity index (χ1) is 11.4. The largest absolute Gasteiger partial charge is 0.481 e. The summed E-state index contributed by atoms with van der Waals surface area (Å²) in [5.74, 6) is 0.597. The van der Waals surface area contributed by atoms with E-state index in [2.05, 4.69) is 16.1 Å². The van der Waals surface area contributed by atoms with E-state index in [1.807, 2.05) is 42.6 Å². The van der Waals surface area contributed by atoms with Crippen molar-refractivity contribution in [2.24, 2.45) is 0 Å². The molecule has 0 aliphatic carbocycles. The lowest BCUT2D eigenvalue weighted by Crippen LogP contribution is -2.26. The standard InChI is InChI=1S/C19H21N3O2/c1-19(2,23)13-22-10-9-17(21-22)15-6-4-5-14(11-15)16-7-8-18(24-3)20-12-16/h4-12,23H,13H2,1-3H3. The van der Waals surface area contributed by atoms with Gasteiger partial charge in [0.2, 0.25) is 5.88 Å². The van der Waals surface area contributed by atoms with E-state index in [4.69, 9.17) is 4.74 Å². The summed E-state index contributed by atoms with van der Waals surface area (Å²) in [5, 5.41) is 14.5. The number of pyridine rings is 1. The molecule has 3 aromatic rings. The number of hydrogen-bond acceptors (Lipinski definition) is 4. The van der Waals surface area contributed by atoms with Gasteiger partial charge in [0.25, 0.3) is 0 Å². The van der Waals surface area contributed by atoms with Crippen LogP contribution in [0.5, 0.6) is 5.88 Å². The molecule has 5 nitrogen and oxygen atoms in total. The van der Waals surface area contributed by atoms with E-state index in [1.165, 1.54) is 0 Å². The Hall–Kier alpha value is -2.66. The van der Waals surface area contributed by atoms with Crippen molar-refractivity contribution in [2.45, 2.75) is 26.0 Å². The Morgan fingerprint density at radius 2 is 1.88 bits per heavy atom. The molecule has 0 aliphatic heterocycles. The number of aromatic nitrogens is 3. The third kappa shape index (κ3) is 3.81. The van der Waals surface area contributed by atoms with E-state index in [1.54, 1.807) is 31.8 Å². The van der Waals surface area contributed by atoms with Gasteiger partial charge in [-0.3, -0.25) is 4.68 Å². The molecular weight excluding hydrogens is 302 g/mol. The smallest absolute Gasteiger partial charge is 0.212 e. The summed E-state index contributed by atoms with van der Waals surface area (Å²) in [5.41, 5.74) is 3.20. The summed E-state index contributed by atoms with van der Waals surface area (Å²) >= 11 is 0. The van der Waals surface area contributed by atoms with Gasteiger partial charge in [0.15, 0.2) is 0 Å². The second-order valence-electron chi connectivity index (χ2n) is 6.38. The van der Waals surface area contributed by atoms with Crippen molar-refractivity contribution >= 4 is 0 Å². The van der Waals surface area contributed by atoms with Gasteiger partial charge in [-0.2, -0.15) is 5.10 Å². The van der Waals surface area contributed by atoms with Gasteiger partial charge in [0.05, 0.1) is 24.9 Å². The minimum atomic E-state index is -0.792. The summed E-state index contributed by atoms with van der Waals surface area (Å²) in [7, 11) is 1.60. The molecule has 2 heterocycles. The third-order valence-corrected chi connectivity index (χ3v) is 3.63. The molecule has 3 rings (SSSR count). The molecular formula is C19H21N3O2. The molecule has 0 spiro atoms. The van der Waals surface area contributed by atoms with Crippen LogP contribution in [0.1, 0.15) is 13.8 Å². The maximum absolute atomic E-state index is 9.91. The van der Waals surface area contributed by atoms with Gasteiger partial charge in [0, 0.05) is 29.6 Å². The van der Waals surface area contributed by atoms with E-state index in [0.29, 0.717) is 12.4 Å². The molecule has 0 aliphatic rings. The lowest BCUT2D eigenvalue weighted by Gasteiger charge is -2.16. The second kappa shape index (κ2) is 6.45.